The molecule has 0 aliphatic carbocycles. The van der Waals surface area contributed by atoms with Crippen molar-refractivity contribution in [2.75, 3.05) is 64.4 Å². The highest BCUT2D eigenvalue weighted by molar-refractivity contribution is 5.79. The molecular formula is C19H34N6O. The number of nitrogens with one attached hydrogen (secondary N) is 2. The molecule has 1 aromatic rings. The van der Waals surface area contributed by atoms with E-state index >= 15 is 0 Å². The lowest BCUT2D eigenvalue weighted by molar-refractivity contribution is 0.195. The predicted octanol–water partition coefficient (Wildman–Crippen LogP) is 1.32. The molecule has 146 valence electrons. The Bertz CT molecular complexity index is 525. The highest BCUT2D eigenvalue weighted by Crippen LogP contribution is 2.14. The largest absolute Gasteiger partial charge is 0.385 e. The van der Waals surface area contributed by atoms with Gasteiger partial charge in [0.05, 0.1) is 6.54 Å². The van der Waals surface area contributed by atoms with Gasteiger partial charge in [0.25, 0.3) is 0 Å². The minimum atomic E-state index is 0.622. The van der Waals surface area contributed by atoms with Crippen molar-refractivity contribution in [2.45, 2.75) is 26.8 Å². The van der Waals surface area contributed by atoms with E-state index in [-0.39, 0.29) is 0 Å². The van der Waals surface area contributed by atoms with Crippen LogP contribution in [0.3, 0.4) is 0 Å². The summed E-state index contributed by atoms with van der Waals surface area (Å²) in [6.45, 7) is 12.8. The van der Waals surface area contributed by atoms with E-state index in [9.17, 15) is 0 Å². The van der Waals surface area contributed by atoms with Gasteiger partial charge in [0.2, 0.25) is 0 Å². The molecule has 0 amide bonds. The van der Waals surface area contributed by atoms with Crippen LogP contribution in [0.25, 0.3) is 0 Å². The summed E-state index contributed by atoms with van der Waals surface area (Å²) in [4.78, 5) is 14.1. The van der Waals surface area contributed by atoms with Gasteiger partial charge in [-0.25, -0.2) is 9.98 Å². The average Bonchev–Trinajstić information content (AvgIpc) is 2.70. The number of anilines is 1. The molecule has 0 aromatic carbocycles. The standard InChI is InChI=1S/C19H34N6O/c1-4-20-19(21-9-6-14-26-3)23-16-17-7-8-18(22-15-17)25-12-10-24(5-2)11-13-25/h7-8,15H,4-6,9-14,16H2,1-3H3,(H2,20,21,23). The molecular weight excluding hydrogens is 328 g/mol. The number of hydrogen-bond acceptors (Lipinski definition) is 5. The van der Waals surface area contributed by atoms with E-state index in [1.165, 1.54) is 0 Å². The van der Waals surface area contributed by atoms with Gasteiger partial charge in [-0.15, -0.1) is 0 Å². The van der Waals surface area contributed by atoms with Crippen LogP contribution in [0.1, 0.15) is 25.8 Å². The molecule has 0 spiro atoms. The van der Waals surface area contributed by atoms with Gasteiger partial charge >= 0.3 is 0 Å². The summed E-state index contributed by atoms with van der Waals surface area (Å²) in [6.07, 6.45) is 2.90. The smallest absolute Gasteiger partial charge is 0.191 e. The Kier molecular flexibility index (Phi) is 9.20. The van der Waals surface area contributed by atoms with Crippen molar-refractivity contribution in [3.8, 4) is 0 Å². The van der Waals surface area contributed by atoms with E-state index in [2.05, 4.69) is 56.4 Å². The molecule has 7 heteroatoms. The number of ether oxygens (including phenoxy) is 1. The van der Waals surface area contributed by atoms with E-state index in [0.717, 1.165) is 76.2 Å². The third-order valence-electron chi connectivity index (χ3n) is 4.53. The Balaban J connectivity index is 1.84. The molecule has 0 atom stereocenters. The van der Waals surface area contributed by atoms with Gasteiger partial charge in [-0.2, -0.15) is 0 Å². The van der Waals surface area contributed by atoms with Crippen molar-refractivity contribution in [1.29, 1.82) is 0 Å². The molecule has 7 nitrogen and oxygen atoms in total. The summed E-state index contributed by atoms with van der Waals surface area (Å²) in [5.74, 6) is 1.90. The zero-order valence-electron chi connectivity index (χ0n) is 16.5. The predicted molar refractivity (Wildman–Crippen MR) is 108 cm³/mol. The van der Waals surface area contributed by atoms with Crippen LogP contribution in [0.4, 0.5) is 5.82 Å². The maximum atomic E-state index is 5.07. The lowest BCUT2D eigenvalue weighted by Crippen LogP contribution is -2.46. The fourth-order valence-corrected chi connectivity index (χ4v) is 2.93. The van der Waals surface area contributed by atoms with Crippen LogP contribution in [0.15, 0.2) is 23.3 Å². The molecule has 1 aromatic heterocycles. The number of rotatable bonds is 9. The van der Waals surface area contributed by atoms with Crippen LogP contribution in [0.5, 0.6) is 0 Å². The van der Waals surface area contributed by atoms with Gasteiger partial charge in [-0.1, -0.05) is 13.0 Å². The Morgan fingerprint density at radius 3 is 2.62 bits per heavy atom. The van der Waals surface area contributed by atoms with Crippen LogP contribution < -0.4 is 15.5 Å². The lowest BCUT2D eigenvalue weighted by Gasteiger charge is -2.34. The topological polar surface area (TPSA) is 65.0 Å². The first-order chi connectivity index (χ1) is 12.8. The fraction of sp³-hybridized carbons (Fsp3) is 0.684. The number of guanidine groups is 1. The second-order valence-corrected chi connectivity index (χ2v) is 6.41. The zero-order valence-corrected chi connectivity index (χ0v) is 16.5. The van der Waals surface area contributed by atoms with Gasteiger partial charge in [0, 0.05) is 59.2 Å². The van der Waals surface area contributed by atoms with E-state index < -0.39 is 0 Å². The molecule has 1 saturated heterocycles. The molecule has 0 radical (unpaired) electrons. The molecule has 2 rings (SSSR count). The van der Waals surface area contributed by atoms with Crippen molar-refractivity contribution >= 4 is 11.8 Å². The number of aromatic nitrogens is 1. The van der Waals surface area contributed by atoms with Crippen molar-refractivity contribution in [3.63, 3.8) is 0 Å². The normalized spacial score (nSPS) is 16.0. The highest BCUT2D eigenvalue weighted by Gasteiger charge is 2.16. The monoisotopic (exact) mass is 362 g/mol. The van der Waals surface area contributed by atoms with E-state index in [1.54, 1.807) is 7.11 Å². The Labute approximate surface area is 157 Å². The van der Waals surface area contributed by atoms with Gasteiger partial charge < -0.3 is 25.2 Å². The number of aliphatic imine (C=N–C) groups is 1. The third kappa shape index (κ3) is 6.80. The quantitative estimate of drug-likeness (QED) is 0.392. The van der Waals surface area contributed by atoms with Crippen LogP contribution in [0, 0.1) is 0 Å². The second-order valence-electron chi connectivity index (χ2n) is 6.41. The zero-order chi connectivity index (χ0) is 18.6. The number of pyridine rings is 1. The average molecular weight is 363 g/mol. The van der Waals surface area contributed by atoms with Crippen LogP contribution in [0.2, 0.25) is 0 Å². The minimum Gasteiger partial charge on any atom is -0.385 e. The van der Waals surface area contributed by atoms with Gasteiger partial charge in [-0.05, 0) is 31.5 Å². The summed E-state index contributed by atoms with van der Waals surface area (Å²) in [5.41, 5.74) is 1.12. The maximum absolute atomic E-state index is 5.07. The van der Waals surface area contributed by atoms with Gasteiger partial charge in [0.1, 0.15) is 5.82 Å². The SMILES string of the molecule is CCNC(=NCc1ccc(N2CCN(CC)CC2)nc1)NCCCOC. The first kappa shape index (κ1) is 20.5. The van der Waals surface area contributed by atoms with E-state index in [1.807, 2.05) is 6.20 Å². The Morgan fingerprint density at radius 2 is 2.00 bits per heavy atom. The summed E-state index contributed by atoms with van der Waals surface area (Å²) < 4.78 is 5.07. The van der Waals surface area contributed by atoms with Crippen molar-refractivity contribution in [3.05, 3.63) is 23.9 Å². The first-order valence-electron chi connectivity index (χ1n) is 9.70. The van der Waals surface area contributed by atoms with Gasteiger partial charge in [0.15, 0.2) is 5.96 Å². The van der Waals surface area contributed by atoms with E-state index in [0.29, 0.717) is 6.54 Å². The van der Waals surface area contributed by atoms with E-state index in [4.69, 9.17) is 4.74 Å². The van der Waals surface area contributed by atoms with Crippen molar-refractivity contribution in [2.24, 2.45) is 4.99 Å². The van der Waals surface area contributed by atoms with Crippen molar-refractivity contribution in [1.82, 2.24) is 20.5 Å². The van der Waals surface area contributed by atoms with Crippen LogP contribution in [-0.2, 0) is 11.3 Å². The number of likely N-dealkylation sites (N-methyl/N-ethyl adjacent to an activating group) is 1. The molecule has 0 unspecified atom stereocenters. The summed E-state index contributed by atoms with van der Waals surface area (Å²) >= 11 is 0. The number of piperazine rings is 1. The lowest BCUT2D eigenvalue weighted by atomic mass is 10.2. The molecule has 0 bridgehead atoms. The molecule has 1 aliphatic heterocycles. The van der Waals surface area contributed by atoms with Crippen LogP contribution >= 0.6 is 0 Å². The molecule has 0 saturated carbocycles. The number of nitrogens with zero attached hydrogens (tertiary/aromatic N) is 4. The van der Waals surface area contributed by atoms with Gasteiger partial charge in [-0.3, -0.25) is 0 Å². The van der Waals surface area contributed by atoms with Crippen molar-refractivity contribution < 1.29 is 4.74 Å². The Hall–Kier alpha value is -1.86. The highest BCUT2D eigenvalue weighted by atomic mass is 16.5. The van der Waals surface area contributed by atoms with Crippen LogP contribution in [-0.4, -0.2) is 75.4 Å². The molecule has 2 heterocycles. The molecule has 26 heavy (non-hydrogen) atoms. The molecule has 2 N–H and O–H groups in total. The summed E-state index contributed by atoms with van der Waals surface area (Å²) in [7, 11) is 1.72. The third-order valence-corrected chi connectivity index (χ3v) is 4.53. The fourth-order valence-electron chi connectivity index (χ4n) is 2.93. The summed E-state index contributed by atoms with van der Waals surface area (Å²) in [5, 5.41) is 6.59. The number of methoxy groups -OCH3 is 1. The Morgan fingerprint density at radius 1 is 1.19 bits per heavy atom. The first-order valence-corrected chi connectivity index (χ1v) is 9.70. The summed E-state index contributed by atoms with van der Waals surface area (Å²) in [6, 6.07) is 4.25. The maximum Gasteiger partial charge on any atom is 0.191 e. The minimum absolute atomic E-state index is 0.622. The molecule has 1 aliphatic rings. The number of hydrogen-bond donors (Lipinski definition) is 2. The molecule has 1 fully saturated rings. The second kappa shape index (κ2) is 11.7.